The van der Waals surface area contributed by atoms with Gasteiger partial charge in [0, 0.05) is 12.5 Å². The SMILES string of the molecule is CCCCCCCCCCC(N)c1ccc2c(c1)CCO2. The third-order valence-corrected chi connectivity index (χ3v) is 4.51. The summed E-state index contributed by atoms with van der Waals surface area (Å²) in [6.45, 7) is 3.10. The van der Waals surface area contributed by atoms with Gasteiger partial charge in [-0.3, -0.25) is 0 Å². The summed E-state index contributed by atoms with van der Waals surface area (Å²) in [7, 11) is 0. The lowest BCUT2D eigenvalue weighted by Crippen LogP contribution is -2.10. The first-order valence-electron chi connectivity index (χ1n) is 8.82. The van der Waals surface area contributed by atoms with Crippen molar-refractivity contribution in [2.45, 2.75) is 77.2 Å². The molecule has 0 spiro atoms. The van der Waals surface area contributed by atoms with E-state index in [1.165, 1.54) is 62.5 Å². The van der Waals surface area contributed by atoms with E-state index in [9.17, 15) is 0 Å². The molecule has 2 nitrogen and oxygen atoms in total. The van der Waals surface area contributed by atoms with Crippen molar-refractivity contribution < 1.29 is 4.74 Å². The molecule has 1 unspecified atom stereocenters. The molecule has 2 rings (SSSR count). The molecule has 2 N–H and O–H groups in total. The highest BCUT2D eigenvalue weighted by molar-refractivity contribution is 5.40. The molecule has 0 saturated carbocycles. The Morgan fingerprint density at radius 3 is 2.52 bits per heavy atom. The molecular weight excluding hydrogens is 258 g/mol. The molecule has 118 valence electrons. The van der Waals surface area contributed by atoms with Crippen LogP contribution >= 0.6 is 0 Å². The van der Waals surface area contributed by atoms with Crippen LogP contribution in [0, 0.1) is 0 Å². The van der Waals surface area contributed by atoms with Crippen LogP contribution in [0.4, 0.5) is 0 Å². The summed E-state index contributed by atoms with van der Waals surface area (Å²) in [6.07, 6.45) is 13.0. The van der Waals surface area contributed by atoms with E-state index < -0.39 is 0 Å². The topological polar surface area (TPSA) is 35.2 Å². The van der Waals surface area contributed by atoms with Crippen LogP contribution in [-0.4, -0.2) is 6.61 Å². The van der Waals surface area contributed by atoms with Gasteiger partial charge >= 0.3 is 0 Å². The van der Waals surface area contributed by atoms with Crippen LogP contribution < -0.4 is 10.5 Å². The predicted octanol–water partition coefficient (Wildman–Crippen LogP) is 5.15. The molecule has 1 atom stereocenters. The molecule has 0 amide bonds. The first-order valence-corrected chi connectivity index (χ1v) is 8.82. The van der Waals surface area contributed by atoms with E-state index >= 15 is 0 Å². The maximum absolute atomic E-state index is 6.33. The number of rotatable bonds is 10. The standard InChI is InChI=1S/C19H31NO/c1-2-3-4-5-6-7-8-9-10-18(20)16-11-12-19-17(15-16)13-14-21-19/h11-12,15,18H,2-10,13-14,20H2,1H3. The number of benzene rings is 1. The maximum atomic E-state index is 6.33. The minimum absolute atomic E-state index is 0.191. The Balaban J connectivity index is 1.60. The number of ether oxygens (including phenoxy) is 1. The average molecular weight is 289 g/mol. The van der Waals surface area contributed by atoms with Gasteiger partial charge in [-0.15, -0.1) is 0 Å². The Bertz CT molecular complexity index is 416. The van der Waals surface area contributed by atoms with Gasteiger partial charge in [-0.25, -0.2) is 0 Å². The van der Waals surface area contributed by atoms with Crippen LogP contribution in [-0.2, 0) is 6.42 Å². The van der Waals surface area contributed by atoms with Crippen molar-refractivity contribution >= 4 is 0 Å². The van der Waals surface area contributed by atoms with Crippen molar-refractivity contribution in [2.75, 3.05) is 6.61 Å². The molecule has 0 aliphatic carbocycles. The first-order chi connectivity index (χ1) is 10.3. The average Bonchev–Trinajstić information content (AvgIpc) is 2.97. The fraction of sp³-hybridized carbons (Fsp3) is 0.684. The molecule has 1 aromatic carbocycles. The van der Waals surface area contributed by atoms with Gasteiger partial charge in [0.05, 0.1) is 6.61 Å². The van der Waals surface area contributed by atoms with Crippen molar-refractivity contribution in [3.8, 4) is 5.75 Å². The number of hydrogen-bond donors (Lipinski definition) is 1. The van der Waals surface area contributed by atoms with E-state index in [-0.39, 0.29) is 6.04 Å². The lowest BCUT2D eigenvalue weighted by atomic mass is 9.98. The van der Waals surface area contributed by atoms with Gasteiger partial charge in [0.1, 0.15) is 5.75 Å². The third kappa shape index (κ3) is 5.35. The van der Waals surface area contributed by atoms with Crippen LogP contribution in [0.3, 0.4) is 0 Å². The summed E-state index contributed by atoms with van der Waals surface area (Å²) < 4.78 is 5.55. The minimum atomic E-state index is 0.191. The van der Waals surface area contributed by atoms with Crippen molar-refractivity contribution in [1.82, 2.24) is 0 Å². The fourth-order valence-corrected chi connectivity index (χ4v) is 3.10. The van der Waals surface area contributed by atoms with E-state index in [1.54, 1.807) is 0 Å². The normalized spacial score (nSPS) is 14.8. The largest absolute Gasteiger partial charge is 0.493 e. The molecule has 1 heterocycles. The summed E-state index contributed by atoms with van der Waals surface area (Å²) in [5.41, 5.74) is 8.94. The molecule has 0 bridgehead atoms. The fourth-order valence-electron chi connectivity index (χ4n) is 3.10. The zero-order chi connectivity index (χ0) is 14.9. The Kier molecular flexibility index (Phi) is 7.08. The Hall–Kier alpha value is -1.02. The summed E-state index contributed by atoms with van der Waals surface area (Å²) in [5, 5.41) is 0. The van der Waals surface area contributed by atoms with Crippen LogP contribution in [0.25, 0.3) is 0 Å². The van der Waals surface area contributed by atoms with Gasteiger partial charge in [0.15, 0.2) is 0 Å². The lowest BCUT2D eigenvalue weighted by molar-refractivity contribution is 0.357. The van der Waals surface area contributed by atoms with Crippen LogP contribution in [0.1, 0.15) is 81.9 Å². The molecular formula is C19H31NO. The highest BCUT2D eigenvalue weighted by atomic mass is 16.5. The highest BCUT2D eigenvalue weighted by Gasteiger charge is 2.14. The van der Waals surface area contributed by atoms with Gasteiger partial charge in [-0.2, -0.15) is 0 Å². The number of unbranched alkanes of at least 4 members (excludes halogenated alkanes) is 7. The highest BCUT2D eigenvalue weighted by Crippen LogP contribution is 2.29. The van der Waals surface area contributed by atoms with E-state index in [0.717, 1.165) is 25.2 Å². The number of fused-ring (bicyclic) bond motifs is 1. The van der Waals surface area contributed by atoms with Gasteiger partial charge in [-0.1, -0.05) is 70.4 Å². The van der Waals surface area contributed by atoms with E-state index in [0.29, 0.717) is 0 Å². The molecule has 0 radical (unpaired) electrons. The predicted molar refractivity (Wildman–Crippen MR) is 89.8 cm³/mol. The maximum Gasteiger partial charge on any atom is 0.122 e. The summed E-state index contributed by atoms with van der Waals surface area (Å²) in [5.74, 6) is 1.05. The summed E-state index contributed by atoms with van der Waals surface area (Å²) >= 11 is 0. The quantitative estimate of drug-likeness (QED) is 0.604. The van der Waals surface area contributed by atoms with Gasteiger partial charge in [-0.05, 0) is 23.6 Å². The first kappa shape index (κ1) is 16.4. The zero-order valence-electron chi connectivity index (χ0n) is 13.6. The molecule has 1 aromatic rings. The monoisotopic (exact) mass is 289 g/mol. The van der Waals surface area contributed by atoms with Crippen LogP contribution in [0.15, 0.2) is 18.2 Å². The lowest BCUT2D eigenvalue weighted by Gasteiger charge is -2.13. The van der Waals surface area contributed by atoms with Crippen molar-refractivity contribution in [1.29, 1.82) is 0 Å². The molecule has 0 saturated heterocycles. The second-order valence-electron chi connectivity index (χ2n) is 6.34. The van der Waals surface area contributed by atoms with E-state index in [2.05, 4.69) is 25.1 Å². The minimum Gasteiger partial charge on any atom is -0.493 e. The third-order valence-electron chi connectivity index (χ3n) is 4.51. The van der Waals surface area contributed by atoms with Gasteiger partial charge in [0.25, 0.3) is 0 Å². The van der Waals surface area contributed by atoms with Crippen LogP contribution in [0.5, 0.6) is 5.75 Å². The summed E-state index contributed by atoms with van der Waals surface area (Å²) in [4.78, 5) is 0. The molecule has 2 heteroatoms. The van der Waals surface area contributed by atoms with Crippen molar-refractivity contribution in [3.63, 3.8) is 0 Å². The van der Waals surface area contributed by atoms with Gasteiger partial charge < -0.3 is 10.5 Å². The Labute approximate surface area is 130 Å². The smallest absolute Gasteiger partial charge is 0.122 e. The van der Waals surface area contributed by atoms with Gasteiger partial charge in [0.2, 0.25) is 0 Å². The molecule has 1 aliphatic heterocycles. The number of hydrogen-bond acceptors (Lipinski definition) is 2. The molecule has 0 aromatic heterocycles. The van der Waals surface area contributed by atoms with E-state index in [4.69, 9.17) is 10.5 Å². The Morgan fingerprint density at radius 1 is 1.05 bits per heavy atom. The second-order valence-corrected chi connectivity index (χ2v) is 6.34. The van der Waals surface area contributed by atoms with E-state index in [1.807, 2.05) is 0 Å². The second kappa shape index (κ2) is 9.09. The van der Waals surface area contributed by atoms with Crippen molar-refractivity contribution in [3.05, 3.63) is 29.3 Å². The summed E-state index contributed by atoms with van der Waals surface area (Å²) in [6, 6.07) is 6.67. The molecule has 1 aliphatic rings. The van der Waals surface area contributed by atoms with Crippen LogP contribution in [0.2, 0.25) is 0 Å². The van der Waals surface area contributed by atoms with Crippen molar-refractivity contribution in [2.24, 2.45) is 5.73 Å². The molecule has 21 heavy (non-hydrogen) atoms. The zero-order valence-corrected chi connectivity index (χ0v) is 13.6. The molecule has 0 fully saturated rings. The Morgan fingerprint density at radius 2 is 1.76 bits per heavy atom. The number of nitrogens with two attached hydrogens (primary N) is 1.